The first-order valence-corrected chi connectivity index (χ1v) is 8.46. The standard InChI is InChI=1S/C16H15F2N3O2S/c1-2-9-6-15(23)21-11(8-24-16(21)20-9)7-14(22)19-10-3-4-12(17)13(18)5-10/h3-6,11H,2,7-8H2,1H3,(H,19,22). The first kappa shape index (κ1) is 16.6. The number of hydrogen-bond donors (Lipinski definition) is 1. The maximum Gasteiger partial charge on any atom is 0.254 e. The van der Waals surface area contributed by atoms with Crippen LogP contribution in [0.25, 0.3) is 0 Å². The molecular formula is C16H15F2N3O2S. The van der Waals surface area contributed by atoms with Gasteiger partial charge in [-0.2, -0.15) is 0 Å². The molecule has 5 nitrogen and oxygen atoms in total. The number of halogens is 2. The average Bonchev–Trinajstić information content (AvgIpc) is 2.94. The Hall–Kier alpha value is -2.22. The Morgan fingerprint density at radius 3 is 2.88 bits per heavy atom. The average molecular weight is 351 g/mol. The van der Waals surface area contributed by atoms with E-state index in [1.165, 1.54) is 28.5 Å². The molecule has 8 heteroatoms. The number of amides is 1. The minimum Gasteiger partial charge on any atom is -0.326 e. The van der Waals surface area contributed by atoms with Crippen molar-refractivity contribution in [1.82, 2.24) is 9.55 Å². The van der Waals surface area contributed by atoms with Crippen molar-refractivity contribution < 1.29 is 13.6 Å². The molecule has 0 spiro atoms. The number of fused-ring (bicyclic) bond motifs is 1. The smallest absolute Gasteiger partial charge is 0.254 e. The topological polar surface area (TPSA) is 64.0 Å². The molecule has 0 saturated carbocycles. The molecule has 1 aliphatic rings. The Kier molecular flexibility index (Phi) is 4.66. The number of aryl methyl sites for hydroxylation is 1. The van der Waals surface area contributed by atoms with Crippen LogP contribution < -0.4 is 10.9 Å². The van der Waals surface area contributed by atoms with Gasteiger partial charge in [0.05, 0.1) is 6.04 Å². The van der Waals surface area contributed by atoms with E-state index in [0.29, 0.717) is 17.3 Å². The van der Waals surface area contributed by atoms with Gasteiger partial charge < -0.3 is 5.32 Å². The Morgan fingerprint density at radius 1 is 1.38 bits per heavy atom. The van der Waals surface area contributed by atoms with Crippen LogP contribution in [0, 0.1) is 11.6 Å². The molecule has 1 unspecified atom stereocenters. The highest BCUT2D eigenvalue weighted by Gasteiger charge is 2.27. The summed E-state index contributed by atoms with van der Waals surface area (Å²) in [5.74, 6) is -1.80. The SMILES string of the molecule is CCc1cc(=O)n2c(n1)SCC2CC(=O)Nc1ccc(F)c(F)c1. The predicted molar refractivity (Wildman–Crippen MR) is 87.2 cm³/mol. The summed E-state index contributed by atoms with van der Waals surface area (Å²) < 4.78 is 27.6. The molecule has 0 aliphatic carbocycles. The van der Waals surface area contributed by atoms with Crippen molar-refractivity contribution in [3.63, 3.8) is 0 Å². The predicted octanol–water partition coefficient (Wildman–Crippen LogP) is 2.76. The number of carbonyl (C=O) groups excluding carboxylic acids is 1. The fourth-order valence-corrected chi connectivity index (χ4v) is 3.70. The summed E-state index contributed by atoms with van der Waals surface area (Å²) in [6.45, 7) is 1.92. The Bertz CT molecular complexity index is 854. The molecule has 0 fully saturated rings. The van der Waals surface area contributed by atoms with Crippen LogP contribution in [0.4, 0.5) is 14.5 Å². The quantitative estimate of drug-likeness (QED) is 0.861. The lowest BCUT2D eigenvalue weighted by atomic mass is 10.2. The van der Waals surface area contributed by atoms with E-state index in [-0.39, 0.29) is 29.6 Å². The number of nitrogens with zero attached hydrogens (tertiary/aromatic N) is 2. The van der Waals surface area contributed by atoms with Gasteiger partial charge in [0.2, 0.25) is 5.91 Å². The number of aromatic nitrogens is 2. The van der Waals surface area contributed by atoms with Crippen LogP contribution in [0.2, 0.25) is 0 Å². The Labute approximate surface area is 141 Å². The molecule has 1 amide bonds. The van der Waals surface area contributed by atoms with Crippen molar-refractivity contribution in [2.75, 3.05) is 11.1 Å². The first-order valence-electron chi connectivity index (χ1n) is 7.48. The van der Waals surface area contributed by atoms with Gasteiger partial charge in [-0.05, 0) is 18.6 Å². The van der Waals surface area contributed by atoms with E-state index in [1.807, 2.05) is 6.92 Å². The van der Waals surface area contributed by atoms with Gasteiger partial charge >= 0.3 is 0 Å². The number of nitrogens with one attached hydrogen (secondary N) is 1. The summed E-state index contributed by atoms with van der Waals surface area (Å²) in [5.41, 5.74) is 0.731. The second-order valence-electron chi connectivity index (χ2n) is 5.44. The van der Waals surface area contributed by atoms with Crippen LogP contribution in [-0.2, 0) is 11.2 Å². The second-order valence-corrected chi connectivity index (χ2v) is 6.43. The van der Waals surface area contributed by atoms with Crippen molar-refractivity contribution in [3.05, 3.63) is 51.9 Å². The molecule has 24 heavy (non-hydrogen) atoms. The first-order chi connectivity index (χ1) is 11.5. The number of benzene rings is 1. The molecule has 3 rings (SSSR count). The highest BCUT2D eigenvalue weighted by molar-refractivity contribution is 7.99. The zero-order chi connectivity index (χ0) is 17.3. The molecule has 0 radical (unpaired) electrons. The van der Waals surface area contributed by atoms with Crippen LogP contribution in [0.1, 0.15) is 25.1 Å². The van der Waals surface area contributed by atoms with E-state index in [1.54, 1.807) is 0 Å². The van der Waals surface area contributed by atoms with E-state index >= 15 is 0 Å². The van der Waals surface area contributed by atoms with Gasteiger partial charge in [0.15, 0.2) is 16.8 Å². The third-order valence-corrected chi connectivity index (χ3v) is 4.83. The number of hydrogen-bond acceptors (Lipinski definition) is 4. The molecule has 2 heterocycles. The lowest BCUT2D eigenvalue weighted by molar-refractivity contribution is -0.116. The summed E-state index contributed by atoms with van der Waals surface area (Å²) in [6.07, 6.45) is 0.733. The van der Waals surface area contributed by atoms with Crippen molar-refractivity contribution in [2.24, 2.45) is 0 Å². The lowest BCUT2D eigenvalue weighted by Gasteiger charge is -2.13. The van der Waals surface area contributed by atoms with Crippen molar-refractivity contribution in [2.45, 2.75) is 31.0 Å². The summed E-state index contributed by atoms with van der Waals surface area (Å²) >= 11 is 1.43. The molecular weight excluding hydrogens is 336 g/mol. The molecule has 1 aliphatic heterocycles. The van der Waals surface area contributed by atoms with Gasteiger partial charge in [0, 0.05) is 35.7 Å². The van der Waals surface area contributed by atoms with Crippen molar-refractivity contribution in [1.29, 1.82) is 0 Å². The van der Waals surface area contributed by atoms with Gasteiger partial charge in [0.25, 0.3) is 5.56 Å². The normalized spacial score (nSPS) is 16.0. The van der Waals surface area contributed by atoms with Gasteiger partial charge in [-0.1, -0.05) is 18.7 Å². The summed E-state index contributed by atoms with van der Waals surface area (Å²) in [6, 6.07) is 4.34. The Balaban J connectivity index is 1.73. The minimum absolute atomic E-state index is 0.0616. The maximum atomic E-state index is 13.2. The molecule has 0 bridgehead atoms. The van der Waals surface area contributed by atoms with E-state index in [4.69, 9.17) is 0 Å². The number of carbonyl (C=O) groups is 1. The van der Waals surface area contributed by atoms with E-state index in [0.717, 1.165) is 17.8 Å². The minimum atomic E-state index is -1.03. The van der Waals surface area contributed by atoms with Crippen LogP contribution in [0.15, 0.2) is 34.2 Å². The molecule has 0 saturated heterocycles. The highest BCUT2D eigenvalue weighted by atomic mass is 32.2. The maximum absolute atomic E-state index is 13.2. The van der Waals surface area contributed by atoms with E-state index < -0.39 is 11.6 Å². The van der Waals surface area contributed by atoms with Crippen LogP contribution >= 0.6 is 11.8 Å². The molecule has 1 N–H and O–H groups in total. The molecule has 126 valence electrons. The fraction of sp³-hybridized carbons (Fsp3) is 0.312. The van der Waals surface area contributed by atoms with Crippen LogP contribution in [0.5, 0.6) is 0 Å². The Morgan fingerprint density at radius 2 is 2.17 bits per heavy atom. The molecule has 1 aromatic carbocycles. The van der Waals surface area contributed by atoms with Gasteiger partial charge in [-0.3, -0.25) is 14.2 Å². The van der Waals surface area contributed by atoms with Crippen molar-refractivity contribution in [3.8, 4) is 0 Å². The fourth-order valence-electron chi connectivity index (χ4n) is 2.53. The van der Waals surface area contributed by atoms with Gasteiger partial charge in [0.1, 0.15) is 0 Å². The number of thioether (sulfide) groups is 1. The highest BCUT2D eigenvalue weighted by Crippen LogP contribution is 2.32. The van der Waals surface area contributed by atoms with E-state index in [9.17, 15) is 18.4 Å². The zero-order valence-electron chi connectivity index (χ0n) is 12.9. The number of anilines is 1. The second kappa shape index (κ2) is 6.72. The van der Waals surface area contributed by atoms with Gasteiger partial charge in [-0.25, -0.2) is 13.8 Å². The van der Waals surface area contributed by atoms with Crippen LogP contribution in [-0.4, -0.2) is 21.2 Å². The molecule has 1 aromatic heterocycles. The third-order valence-electron chi connectivity index (χ3n) is 3.73. The van der Waals surface area contributed by atoms with Crippen molar-refractivity contribution >= 4 is 23.4 Å². The summed E-state index contributed by atoms with van der Waals surface area (Å²) in [7, 11) is 0. The monoisotopic (exact) mass is 351 g/mol. The van der Waals surface area contributed by atoms with Gasteiger partial charge in [-0.15, -0.1) is 0 Å². The summed E-state index contributed by atoms with van der Waals surface area (Å²) in [4.78, 5) is 28.7. The lowest BCUT2D eigenvalue weighted by Crippen LogP contribution is -2.27. The molecule has 1 atom stereocenters. The zero-order valence-corrected chi connectivity index (χ0v) is 13.7. The largest absolute Gasteiger partial charge is 0.326 e. The third kappa shape index (κ3) is 3.33. The number of rotatable bonds is 4. The summed E-state index contributed by atoms with van der Waals surface area (Å²) in [5, 5.41) is 3.13. The van der Waals surface area contributed by atoms with E-state index in [2.05, 4.69) is 10.3 Å². The molecule has 2 aromatic rings. The van der Waals surface area contributed by atoms with Crippen LogP contribution in [0.3, 0.4) is 0 Å².